The topological polar surface area (TPSA) is 58.1 Å². The number of nitrogens with one attached hydrogen (secondary N) is 2. The van der Waals surface area contributed by atoms with Gasteiger partial charge in [-0.05, 0) is 43.7 Å². The quantitative estimate of drug-likeness (QED) is 0.338. The molecule has 2 aliphatic heterocycles. The maximum absolute atomic E-state index is 5.75. The van der Waals surface area contributed by atoms with Crippen molar-refractivity contribution in [3.63, 3.8) is 0 Å². The summed E-state index contributed by atoms with van der Waals surface area (Å²) in [4.78, 5) is 7.23. The Hall–Kier alpha value is -1.63. The number of hydrogen-bond donors (Lipinski definition) is 2. The van der Waals surface area contributed by atoms with E-state index in [4.69, 9.17) is 9.47 Å². The number of hydrogen-bond acceptors (Lipinski definition) is 4. The molecule has 29 heavy (non-hydrogen) atoms. The second kappa shape index (κ2) is 12.8. The minimum Gasteiger partial charge on any atom is -0.381 e. The average molecular weight is 403 g/mol. The van der Waals surface area contributed by atoms with Crippen molar-refractivity contribution in [2.24, 2.45) is 10.9 Å². The van der Waals surface area contributed by atoms with E-state index in [0.717, 1.165) is 90.9 Å². The first-order valence-electron chi connectivity index (χ1n) is 11.3. The Labute approximate surface area is 176 Å². The van der Waals surface area contributed by atoms with Crippen LogP contribution in [-0.2, 0) is 22.4 Å². The number of guanidine groups is 1. The zero-order chi connectivity index (χ0) is 20.2. The molecule has 1 unspecified atom stereocenters. The molecule has 1 aromatic rings. The number of ether oxygens (including phenoxy) is 2. The Morgan fingerprint density at radius 2 is 2.14 bits per heavy atom. The highest BCUT2D eigenvalue weighted by molar-refractivity contribution is 5.79. The highest BCUT2D eigenvalue weighted by Crippen LogP contribution is 2.18. The van der Waals surface area contributed by atoms with Crippen molar-refractivity contribution in [1.82, 2.24) is 15.5 Å². The van der Waals surface area contributed by atoms with Crippen LogP contribution >= 0.6 is 0 Å². The molecule has 1 aromatic carbocycles. The summed E-state index contributed by atoms with van der Waals surface area (Å²) in [5, 5.41) is 6.81. The van der Waals surface area contributed by atoms with E-state index in [1.54, 1.807) is 0 Å². The number of rotatable bonds is 11. The zero-order valence-corrected chi connectivity index (χ0v) is 18.0. The summed E-state index contributed by atoms with van der Waals surface area (Å²) in [6, 6.07) is 8.83. The van der Waals surface area contributed by atoms with Crippen LogP contribution in [0.4, 0.5) is 0 Å². The normalized spacial score (nSPS) is 19.9. The maximum atomic E-state index is 5.75. The fourth-order valence-electron chi connectivity index (χ4n) is 3.92. The Balaban J connectivity index is 1.26. The maximum Gasteiger partial charge on any atom is 0.191 e. The van der Waals surface area contributed by atoms with Gasteiger partial charge in [0.1, 0.15) is 0 Å². The lowest BCUT2D eigenvalue weighted by molar-refractivity contribution is 0.0893. The third-order valence-electron chi connectivity index (χ3n) is 5.59. The molecule has 2 N–H and O–H groups in total. The van der Waals surface area contributed by atoms with Gasteiger partial charge < -0.3 is 20.1 Å². The molecule has 2 aliphatic rings. The molecule has 0 amide bonds. The minimum atomic E-state index is 0.589. The molecule has 6 nitrogen and oxygen atoms in total. The number of aliphatic imine (C=N–C) groups is 1. The van der Waals surface area contributed by atoms with Crippen LogP contribution < -0.4 is 10.6 Å². The van der Waals surface area contributed by atoms with Gasteiger partial charge in [0.05, 0.1) is 13.2 Å². The van der Waals surface area contributed by atoms with Crippen molar-refractivity contribution in [3.05, 3.63) is 35.4 Å². The van der Waals surface area contributed by atoms with Gasteiger partial charge in [0.25, 0.3) is 0 Å². The van der Waals surface area contributed by atoms with E-state index in [0.29, 0.717) is 5.92 Å². The Morgan fingerprint density at radius 1 is 1.24 bits per heavy atom. The minimum absolute atomic E-state index is 0.589. The van der Waals surface area contributed by atoms with Gasteiger partial charge >= 0.3 is 0 Å². The molecule has 162 valence electrons. The Morgan fingerprint density at radius 3 is 2.97 bits per heavy atom. The number of benzene rings is 1. The van der Waals surface area contributed by atoms with E-state index in [2.05, 4.69) is 51.7 Å². The molecule has 1 atom stereocenters. The van der Waals surface area contributed by atoms with Gasteiger partial charge in [-0.1, -0.05) is 24.3 Å². The Bertz CT molecular complexity index is 617. The molecular weight excluding hydrogens is 364 g/mol. The second-order valence-electron chi connectivity index (χ2n) is 7.99. The van der Waals surface area contributed by atoms with Gasteiger partial charge in [-0.15, -0.1) is 0 Å². The highest BCUT2D eigenvalue weighted by atomic mass is 16.5. The molecular formula is C23H38N4O2. The first-order chi connectivity index (χ1) is 14.3. The SMILES string of the molecule is CCNC(=NCCCOCC1CCOC1)NCCCN1CCc2ccccc2C1. The lowest BCUT2D eigenvalue weighted by atomic mass is 10.00. The van der Waals surface area contributed by atoms with Gasteiger partial charge in [-0.3, -0.25) is 9.89 Å². The van der Waals surface area contributed by atoms with Crippen LogP contribution in [0.25, 0.3) is 0 Å². The summed E-state index contributed by atoms with van der Waals surface area (Å²) >= 11 is 0. The lowest BCUT2D eigenvalue weighted by Gasteiger charge is -2.28. The van der Waals surface area contributed by atoms with Gasteiger partial charge in [0.15, 0.2) is 5.96 Å². The van der Waals surface area contributed by atoms with Crippen LogP contribution in [0.15, 0.2) is 29.3 Å². The fourth-order valence-corrected chi connectivity index (χ4v) is 3.92. The van der Waals surface area contributed by atoms with Crippen LogP contribution in [0.3, 0.4) is 0 Å². The lowest BCUT2D eigenvalue weighted by Crippen LogP contribution is -2.39. The highest BCUT2D eigenvalue weighted by Gasteiger charge is 2.15. The van der Waals surface area contributed by atoms with Crippen molar-refractivity contribution in [3.8, 4) is 0 Å². The molecule has 3 rings (SSSR count). The summed E-state index contributed by atoms with van der Waals surface area (Å²) in [5.74, 6) is 1.51. The molecule has 1 fully saturated rings. The van der Waals surface area contributed by atoms with E-state index < -0.39 is 0 Å². The molecule has 0 bridgehead atoms. The van der Waals surface area contributed by atoms with Crippen LogP contribution in [0.2, 0.25) is 0 Å². The predicted octanol–water partition coefficient (Wildman–Crippen LogP) is 2.43. The van der Waals surface area contributed by atoms with Crippen molar-refractivity contribution in [1.29, 1.82) is 0 Å². The van der Waals surface area contributed by atoms with E-state index in [1.165, 1.54) is 17.5 Å². The van der Waals surface area contributed by atoms with Gasteiger partial charge in [0.2, 0.25) is 0 Å². The number of fused-ring (bicyclic) bond motifs is 1. The van der Waals surface area contributed by atoms with E-state index in [9.17, 15) is 0 Å². The largest absolute Gasteiger partial charge is 0.381 e. The molecule has 6 heteroatoms. The molecule has 0 aromatic heterocycles. The van der Waals surface area contributed by atoms with Gasteiger partial charge in [-0.2, -0.15) is 0 Å². The molecule has 0 spiro atoms. The molecule has 2 heterocycles. The first kappa shape index (κ1) is 22.1. The Kier molecular flexibility index (Phi) is 9.76. The van der Waals surface area contributed by atoms with E-state index >= 15 is 0 Å². The second-order valence-corrected chi connectivity index (χ2v) is 7.99. The van der Waals surface area contributed by atoms with Crippen molar-refractivity contribution in [2.75, 3.05) is 59.2 Å². The zero-order valence-electron chi connectivity index (χ0n) is 18.0. The average Bonchev–Trinajstić information content (AvgIpc) is 3.27. The van der Waals surface area contributed by atoms with Crippen LogP contribution in [-0.4, -0.2) is 70.0 Å². The summed E-state index contributed by atoms with van der Waals surface area (Å²) in [6.07, 6.45) is 4.39. The van der Waals surface area contributed by atoms with E-state index in [1.807, 2.05) is 0 Å². The summed E-state index contributed by atoms with van der Waals surface area (Å²) in [6.45, 7) is 11.4. The predicted molar refractivity (Wildman–Crippen MR) is 118 cm³/mol. The molecule has 0 saturated carbocycles. The summed E-state index contributed by atoms with van der Waals surface area (Å²) in [5.41, 5.74) is 3.01. The van der Waals surface area contributed by atoms with Crippen molar-refractivity contribution >= 4 is 5.96 Å². The standard InChI is InChI=1S/C23H38N4O2/c1-2-24-23(26-12-6-15-28-18-20-10-16-29-19-20)25-11-5-13-27-14-9-21-7-3-4-8-22(21)17-27/h3-4,7-8,20H,2,5-6,9-19H2,1H3,(H2,24,25,26). The monoisotopic (exact) mass is 402 g/mol. The molecule has 0 aliphatic carbocycles. The molecule has 0 radical (unpaired) electrons. The summed E-state index contributed by atoms with van der Waals surface area (Å²) < 4.78 is 11.1. The third kappa shape index (κ3) is 7.96. The van der Waals surface area contributed by atoms with Crippen LogP contribution in [0.5, 0.6) is 0 Å². The van der Waals surface area contributed by atoms with Crippen LogP contribution in [0, 0.1) is 5.92 Å². The fraction of sp³-hybridized carbons (Fsp3) is 0.696. The van der Waals surface area contributed by atoms with E-state index in [-0.39, 0.29) is 0 Å². The number of nitrogens with zero attached hydrogens (tertiary/aromatic N) is 2. The van der Waals surface area contributed by atoms with Crippen molar-refractivity contribution < 1.29 is 9.47 Å². The summed E-state index contributed by atoms with van der Waals surface area (Å²) in [7, 11) is 0. The molecule has 1 saturated heterocycles. The van der Waals surface area contributed by atoms with Gasteiger partial charge in [-0.25, -0.2) is 0 Å². The van der Waals surface area contributed by atoms with Gasteiger partial charge in [0, 0.05) is 58.4 Å². The van der Waals surface area contributed by atoms with Crippen LogP contribution in [0.1, 0.15) is 37.3 Å². The third-order valence-corrected chi connectivity index (χ3v) is 5.59. The smallest absolute Gasteiger partial charge is 0.191 e. The van der Waals surface area contributed by atoms with Crippen molar-refractivity contribution in [2.45, 2.75) is 39.2 Å². The first-order valence-corrected chi connectivity index (χ1v) is 11.3.